The Morgan fingerprint density at radius 2 is 2.32 bits per heavy atom. The molecule has 132 valence electrons. The molecule has 0 fully saturated rings. The largest absolute Gasteiger partial charge is 0.382 e. The predicted octanol–water partition coefficient (Wildman–Crippen LogP) is 3.47. The molecule has 1 atom stereocenters. The zero-order valence-corrected chi connectivity index (χ0v) is 16.3. The van der Waals surface area contributed by atoms with E-state index in [1.807, 2.05) is 31.2 Å². The number of halogens is 2. The van der Waals surface area contributed by atoms with E-state index in [1.165, 1.54) is 0 Å². The summed E-state index contributed by atoms with van der Waals surface area (Å²) in [6, 6.07) is 7.77. The third kappa shape index (κ3) is 3.88. The number of hydrogen-bond acceptors (Lipinski definition) is 4. The quantitative estimate of drug-likeness (QED) is 0.737. The minimum absolute atomic E-state index is 0.131. The van der Waals surface area contributed by atoms with Gasteiger partial charge in [0.1, 0.15) is 0 Å². The van der Waals surface area contributed by atoms with Crippen molar-refractivity contribution in [3.63, 3.8) is 0 Å². The molecule has 0 saturated carbocycles. The normalized spacial score (nSPS) is 16.5. The van der Waals surface area contributed by atoms with Crippen molar-refractivity contribution < 1.29 is 9.63 Å². The Balaban J connectivity index is 1.65. The average molecular weight is 426 g/mol. The molecule has 1 unspecified atom stereocenters. The molecule has 1 aliphatic rings. The fraction of sp³-hybridized carbons (Fsp3) is 0.353. The van der Waals surface area contributed by atoms with Gasteiger partial charge in [-0.2, -0.15) is 5.10 Å². The maximum atomic E-state index is 12.7. The second-order valence-electron chi connectivity index (χ2n) is 5.80. The second-order valence-corrected chi connectivity index (χ2v) is 7.12. The molecule has 2 heterocycles. The Kier molecular flexibility index (Phi) is 5.44. The first kappa shape index (κ1) is 17.9. The fourth-order valence-electron chi connectivity index (χ4n) is 2.71. The smallest absolute Gasteiger partial charge is 0.267 e. The third-order valence-electron chi connectivity index (χ3n) is 4.06. The molecule has 1 aliphatic heterocycles. The van der Waals surface area contributed by atoms with Gasteiger partial charge >= 0.3 is 0 Å². The Hall–Kier alpha value is -1.86. The Morgan fingerprint density at radius 3 is 3.04 bits per heavy atom. The van der Waals surface area contributed by atoms with E-state index in [2.05, 4.69) is 26.2 Å². The molecule has 0 aliphatic carbocycles. The molecule has 0 spiro atoms. The Morgan fingerprint density at radius 1 is 1.52 bits per heavy atom. The molecule has 0 bridgehead atoms. The lowest BCUT2D eigenvalue weighted by atomic mass is 10.0. The van der Waals surface area contributed by atoms with Crippen LogP contribution in [0, 0.1) is 0 Å². The molecule has 2 aromatic rings. The minimum atomic E-state index is -0.615. The number of benzene rings is 1. The standard InChI is InChI=1S/C17H18BrClN4O2/c1-3-23-15(13(19)9-20-23)10-22(2)17(24)16-8-14(21-25-16)11-5-4-6-12(18)7-11/h4-7,9,16H,3,8,10H2,1-2H3. The molecule has 0 saturated heterocycles. The van der Waals surface area contributed by atoms with Crippen LogP contribution in [0.5, 0.6) is 0 Å². The SMILES string of the molecule is CCn1ncc(Cl)c1CN(C)C(=O)C1CC(c2cccc(Br)c2)=NO1. The summed E-state index contributed by atoms with van der Waals surface area (Å²) >= 11 is 9.61. The van der Waals surface area contributed by atoms with Crippen LogP contribution in [0.15, 0.2) is 40.1 Å². The lowest BCUT2D eigenvalue weighted by molar-refractivity contribution is -0.141. The van der Waals surface area contributed by atoms with E-state index in [0.29, 0.717) is 24.5 Å². The van der Waals surface area contributed by atoms with E-state index >= 15 is 0 Å². The lowest BCUT2D eigenvalue weighted by Crippen LogP contribution is -2.36. The fourth-order valence-corrected chi connectivity index (χ4v) is 3.31. The summed E-state index contributed by atoms with van der Waals surface area (Å²) in [5.74, 6) is -0.131. The Bertz CT molecular complexity index is 821. The van der Waals surface area contributed by atoms with E-state index in [1.54, 1.807) is 22.8 Å². The van der Waals surface area contributed by atoms with E-state index < -0.39 is 6.10 Å². The highest BCUT2D eigenvalue weighted by Crippen LogP contribution is 2.22. The van der Waals surface area contributed by atoms with E-state index in [-0.39, 0.29) is 5.91 Å². The number of hydrogen-bond donors (Lipinski definition) is 0. The van der Waals surface area contributed by atoms with Gasteiger partial charge in [-0.1, -0.05) is 44.8 Å². The van der Waals surface area contributed by atoms with Crippen LogP contribution in [-0.4, -0.2) is 39.5 Å². The highest BCUT2D eigenvalue weighted by Gasteiger charge is 2.31. The number of aromatic nitrogens is 2. The molecule has 3 rings (SSSR count). The number of nitrogens with zero attached hydrogens (tertiary/aromatic N) is 4. The maximum Gasteiger partial charge on any atom is 0.267 e. The van der Waals surface area contributed by atoms with Crippen LogP contribution < -0.4 is 0 Å². The van der Waals surface area contributed by atoms with Crippen LogP contribution in [0.25, 0.3) is 0 Å². The zero-order chi connectivity index (χ0) is 18.0. The number of carbonyl (C=O) groups is 1. The van der Waals surface area contributed by atoms with E-state index in [0.717, 1.165) is 21.4 Å². The summed E-state index contributed by atoms with van der Waals surface area (Å²) in [6.07, 6.45) is 1.43. The number of rotatable bonds is 5. The summed E-state index contributed by atoms with van der Waals surface area (Å²) in [7, 11) is 1.73. The first-order valence-corrected chi connectivity index (χ1v) is 9.10. The van der Waals surface area contributed by atoms with Gasteiger partial charge in [-0.25, -0.2) is 0 Å². The van der Waals surface area contributed by atoms with Crippen molar-refractivity contribution in [2.45, 2.75) is 32.5 Å². The van der Waals surface area contributed by atoms with Crippen LogP contribution in [0.1, 0.15) is 24.6 Å². The van der Waals surface area contributed by atoms with Crippen molar-refractivity contribution in [1.29, 1.82) is 0 Å². The van der Waals surface area contributed by atoms with Crippen molar-refractivity contribution >= 4 is 39.1 Å². The molecule has 1 amide bonds. The molecular weight excluding hydrogens is 408 g/mol. The van der Waals surface area contributed by atoms with E-state index in [9.17, 15) is 4.79 Å². The molecule has 1 aromatic heterocycles. The zero-order valence-electron chi connectivity index (χ0n) is 13.9. The van der Waals surface area contributed by atoms with Gasteiger partial charge in [0.25, 0.3) is 5.91 Å². The third-order valence-corrected chi connectivity index (χ3v) is 4.87. The number of aryl methyl sites for hydroxylation is 1. The first-order valence-electron chi connectivity index (χ1n) is 7.93. The van der Waals surface area contributed by atoms with Gasteiger partial charge in [0.15, 0.2) is 0 Å². The summed E-state index contributed by atoms with van der Waals surface area (Å²) in [4.78, 5) is 19.6. The van der Waals surface area contributed by atoms with Crippen LogP contribution in [0.4, 0.5) is 0 Å². The highest BCUT2D eigenvalue weighted by atomic mass is 79.9. The van der Waals surface area contributed by atoms with Crippen molar-refractivity contribution in [2.75, 3.05) is 7.05 Å². The van der Waals surface area contributed by atoms with Gasteiger partial charge in [-0.05, 0) is 19.1 Å². The first-order chi connectivity index (χ1) is 12.0. The number of likely N-dealkylation sites (N-methyl/N-ethyl adjacent to an activating group) is 1. The summed E-state index contributed by atoms with van der Waals surface area (Å²) in [5.41, 5.74) is 2.52. The molecule has 8 heteroatoms. The lowest BCUT2D eigenvalue weighted by Gasteiger charge is -2.20. The maximum absolute atomic E-state index is 12.7. The monoisotopic (exact) mass is 424 g/mol. The summed E-state index contributed by atoms with van der Waals surface area (Å²) in [6.45, 7) is 3.05. The topological polar surface area (TPSA) is 59.7 Å². The molecule has 1 aromatic carbocycles. The van der Waals surface area contributed by atoms with Crippen LogP contribution in [0.2, 0.25) is 5.02 Å². The minimum Gasteiger partial charge on any atom is -0.382 e. The highest BCUT2D eigenvalue weighted by molar-refractivity contribution is 9.10. The molecule has 6 nitrogen and oxygen atoms in total. The second kappa shape index (κ2) is 7.58. The molecule has 0 radical (unpaired) electrons. The van der Waals surface area contributed by atoms with Crippen molar-refractivity contribution in [1.82, 2.24) is 14.7 Å². The molecule has 25 heavy (non-hydrogen) atoms. The predicted molar refractivity (Wildman–Crippen MR) is 99.6 cm³/mol. The van der Waals surface area contributed by atoms with Crippen molar-refractivity contribution in [2.24, 2.45) is 5.16 Å². The van der Waals surface area contributed by atoms with Crippen molar-refractivity contribution in [3.8, 4) is 0 Å². The molecule has 0 N–H and O–H groups in total. The van der Waals surface area contributed by atoms with Gasteiger partial charge in [-0.15, -0.1) is 0 Å². The number of carbonyl (C=O) groups excluding carboxylic acids is 1. The van der Waals surface area contributed by atoms with Gasteiger partial charge in [0.2, 0.25) is 6.10 Å². The van der Waals surface area contributed by atoms with Gasteiger partial charge < -0.3 is 9.74 Å². The number of amides is 1. The van der Waals surface area contributed by atoms with E-state index in [4.69, 9.17) is 16.4 Å². The number of oxime groups is 1. The summed E-state index contributed by atoms with van der Waals surface area (Å²) in [5, 5.41) is 8.83. The van der Waals surface area contributed by atoms with Crippen molar-refractivity contribution in [3.05, 3.63) is 51.2 Å². The van der Waals surface area contributed by atoms with Gasteiger partial charge in [0.05, 0.1) is 29.2 Å². The summed E-state index contributed by atoms with van der Waals surface area (Å²) < 4.78 is 2.74. The average Bonchev–Trinajstić information content (AvgIpc) is 3.22. The van der Waals surface area contributed by atoms with Crippen LogP contribution in [0.3, 0.4) is 0 Å². The van der Waals surface area contributed by atoms with Gasteiger partial charge in [-0.3, -0.25) is 9.48 Å². The van der Waals surface area contributed by atoms with Crippen LogP contribution >= 0.6 is 27.5 Å². The molecular formula is C17H18BrClN4O2. The van der Waals surface area contributed by atoms with Gasteiger partial charge in [0, 0.05) is 30.0 Å². The van der Waals surface area contributed by atoms with Crippen LogP contribution in [-0.2, 0) is 22.7 Å². The Labute approximate surface area is 159 Å².